The summed E-state index contributed by atoms with van der Waals surface area (Å²) in [6, 6.07) is 97.7. The SMILES string of the molecule is c1ccc2c(c1)c1ccccc1n2-c1ccc2c(c1)c1cc(-n3c4ccccc4c4ccccc43)ccc1n2CCOCCOCCOCCn1c2ccc(-n3c4ccccc4c4ccccc43)cc2c2cc(-n3c4ccccc4c4ccccc43)ccc21. The zero-order valence-corrected chi connectivity index (χ0v) is 49.0. The summed E-state index contributed by atoms with van der Waals surface area (Å²) < 4.78 is 33.4. The fourth-order valence-electron chi connectivity index (χ4n) is 14.9. The predicted octanol–water partition coefficient (Wildman–Crippen LogP) is 19.0. The molecule has 0 saturated carbocycles. The first-order chi connectivity index (χ1) is 44.2. The fourth-order valence-corrected chi connectivity index (χ4v) is 14.9. The van der Waals surface area contributed by atoms with E-state index in [1.54, 1.807) is 0 Å². The van der Waals surface area contributed by atoms with Gasteiger partial charge < -0.3 is 41.6 Å². The number of nitrogens with zero attached hydrogens (tertiary/aromatic N) is 6. The first-order valence-corrected chi connectivity index (χ1v) is 31.0. The van der Waals surface area contributed by atoms with E-state index in [1.165, 1.54) is 131 Å². The van der Waals surface area contributed by atoms with E-state index in [4.69, 9.17) is 14.2 Å². The third-order valence-corrected chi connectivity index (χ3v) is 18.7. The highest BCUT2D eigenvalue weighted by Crippen LogP contribution is 2.41. The Morgan fingerprint density at radius 3 is 0.584 bits per heavy atom. The molecule has 89 heavy (non-hydrogen) atoms. The lowest BCUT2D eigenvalue weighted by Gasteiger charge is -2.12. The quantitative estimate of drug-likeness (QED) is 0.0906. The minimum Gasteiger partial charge on any atom is -0.377 e. The Balaban J connectivity index is 0.585. The number of para-hydroxylation sites is 8. The van der Waals surface area contributed by atoms with Crippen molar-refractivity contribution < 1.29 is 14.2 Å². The monoisotopic (exact) mass is 1150 g/mol. The molecular weight excluding hydrogens is 1090 g/mol. The summed E-state index contributed by atoms with van der Waals surface area (Å²) in [5.74, 6) is 0. The van der Waals surface area contributed by atoms with E-state index < -0.39 is 0 Å². The Hall–Kier alpha value is -10.7. The van der Waals surface area contributed by atoms with Crippen molar-refractivity contribution >= 4 is 131 Å². The van der Waals surface area contributed by atoms with Crippen LogP contribution in [0.4, 0.5) is 0 Å². The number of hydrogen-bond acceptors (Lipinski definition) is 3. The number of rotatable bonds is 16. The van der Waals surface area contributed by atoms with Gasteiger partial charge in [0.25, 0.3) is 0 Å². The number of hydrogen-bond donors (Lipinski definition) is 0. The number of aromatic nitrogens is 6. The Morgan fingerprint density at radius 2 is 0.371 bits per heavy atom. The van der Waals surface area contributed by atoms with Crippen LogP contribution in [0.5, 0.6) is 0 Å². The van der Waals surface area contributed by atoms with Crippen molar-refractivity contribution in [2.45, 2.75) is 13.1 Å². The number of fused-ring (bicyclic) bond motifs is 18. The second-order valence-electron chi connectivity index (χ2n) is 23.4. The van der Waals surface area contributed by atoms with Gasteiger partial charge in [-0.3, -0.25) is 0 Å². The molecule has 0 amide bonds. The summed E-state index contributed by atoms with van der Waals surface area (Å²) in [4.78, 5) is 0. The van der Waals surface area contributed by atoms with Gasteiger partial charge in [0.15, 0.2) is 0 Å². The maximum Gasteiger partial charge on any atom is 0.0701 e. The van der Waals surface area contributed by atoms with Crippen molar-refractivity contribution in [2.24, 2.45) is 0 Å². The van der Waals surface area contributed by atoms with Gasteiger partial charge in [-0.1, -0.05) is 146 Å². The molecule has 6 heterocycles. The van der Waals surface area contributed by atoms with Gasteiger partial charge in [0.1, 0.15) is 0 Å². The van der Waals surface area contributed by atoms with E-state index in [2.05, 4.69) is 294 Å². The fraction of sp³-hybridized carbons (Fsp3) is 0.100. The van der Waals surface area contributed by atoms with E-state index >= 15 is 0 Å². The van der Waals surface area contributed by atoms with Crippen LogP contribution in [0.25, 0.3) is 154 Å². The molecule has 6 aromatic heterocycles. The van der Waals surface area contributed by atoms with E-state index in [0.29, 0.717) is 52.7 Å². The summed E-state index contributed by atoms with van der Waals surface area (Å²) in [6.07, 6.45) is 0. The standard InChI is InChI=1S/C80H60N6O3/c1-9-25-73-57(17-1)58-18-2-10-26-74(58)83(73)53-33-37-69-65(49-53)66-50-54(84-75-27-11-3-19-59(75)60-20-4-12-28-76(60)84)34-38-70(66)81(69)41-43-87-45-47-89-48-46-88-44-42-82-71-39-35-55(85-77-29-13-5-21-61(77)62-22-6-14-30-78(62)85)51-67(71)68-52-56(36-40-72(68)82)86-79-31-15-7-23-63(79)64-24-8-16-32-80(64)86/h1-40,49-52H,41-48H2. The third-order valence-electron chi connectivity index (χ3n) is 18.7. The van der Waals surface area contributed by atoms with E-state index in [9.17, 15) is 0 Å². The maximum atomic E-state index is 6.37. The van der Waals surface area contributed by atoms with Gasteiger partial charge in [0.05, 0.1) is 83.8 Å². The Kier molecular flexibility index (Phi) is 12.2. The maximum absolute atomic E-state index is 6.37. The summed E-state index contributed by atoms with van der Waals surface area (Å²) in [5.41, 5.74) is 18.8. The largest absolute Gasteiger partial charge is 0.377 e. The highest BCUT2D eigenvalue weighted by Gasteiger charge is 2.21. The number of ether oxygens (including phenoxy) is 3. The van der Waals surface area contributed by atoms with E-state index in [1.807, 2.05) is 0 Å². The molecule has 0 aliphatic rings. The first kappa shape index (κ1) is 51.5. The molecule has 428 valence electrons. The van der Waals surface area contributed by atoms with Gasteiger partial charge in [-0.2, -0.15) is 0 Å². The van der Waals surface area contributed by atoms with Gasteiger partial charge in [0, 0.05) is 123 Å². The normalized spacial score (nSPS) is 12.3. The van der Waals surface area contributed by atoms with E-state index in [0.717, 1.165) is 22.7 Å². The molecule has 0 unspecified atom stereocenters. The molecule has 18 aromatic rings. The second-order valence-corrected chi connectivity index (χ2v) is 23.4. The molecule has 0 atom stereocenters. The lowest BCUT2D eigenvalue weighted by molar-refractivity contribution is 0.0123. The topological polar surface area (TPSA) is 57.3 Å². The van der Waals surface area contributed by atoms with Crippen LogP contribution in [-0.4, -0.2) is 67.0 Å². The van der Waals surface area contributed by atoms with Crippen LogP contribution in [-0.2, 0) is 27.3 Å². The Morgan fingerprint density at radius 1 is 0.180 bits per heavy atom. The minimum atomic E-state index is 0.482. The van der Waals surface area contributed by atoms with E-state index in [-0.39, 0.29) is 0 Å². The summed E-state index contributed by atoms with van der Waals surface area (Å²) in [5, 5.41) is 14.8. The smallest absolute Gasteiger partial charge is 0.0701 e. The lowest BCUT2D eigenvalue weighted by atomic mass is 10.1. The molecule has 12 aromatic carbocycles. The molecule has 18 rings (SSSR count). The van der Waals surface area contributed by atoms with Gasteiger partial charge >= 0.3 is 0 Å². The molecule has 0 radical (unpaired) electrons. The van der Waals surface area contributed by atoms with Crippen molar-refractivity contribution in [3.8, 4) is 22.7 Å². The highest BCUT2D eigenvalue weighted by atomic mass is 16.5. The average Bonchev–Trinajstić information content (AvgIpc) is 1.83. The van der Waals surface area contributed by atoms with Crippen molar-refractivity contribution in [1.82, 2.24) is 27.4 Å². The molecule has 0 spiro atoms. The lowest BCUT2D eigenvalue weighted by Crippen LogP contribution is -2.13. The summed E-state index contributed by atoms with van der Waals surface area (Å²) in [7, 11) is 0. The molecule has 0 fully saturated rings. The van der Waals surface area contributed by atoms with Crippen molar-refractivity contribution in [2.75, 3.05) is 39.6 Å². The van der Waals surface area contributed by atoms with Crippen molar-refractivity contribution in [1.29, 1.82) is 0 Å². The zero-order chi connectivity index (χ0) is 58.5. The molecular formula is C80H60N6O3. The van der Waals surface area contributed by atoms with Crippen molar-refractivity contribution in [3.63, 3.8) is 0 Å². The molecule has 0 aliphatic heterocycles. The molecule has 0 saturated heterocycles. The molecule has 0 bridgehead atoms. The first-order valence-electron chi connectivity index (χ1n) is 31.0. The van der Waals surface area contributed by atoms with Crippen LogP contribution in [0.2, 0.25) is 0 Å². The highest BCUT2D eigenvalue weighted by molar-refractivity contribution is 6.16. The predicted molar refractivity (Wildman–Crippen MR) is 369 cm³/mol. The average molecular weight is 1150 g/mol. The summed E-state index contributed by atoms with van der Waals surface area (Å²) >= 11 is 0. The van der Waals surface area contributed by atoms with Crippen LogP contribution in [0.3, 0.4) is 0 Å². The van der Waals surface area contributed by atoms with Gasteiger partial charge in [-0.15, -0.1) is 0 Å². The Labute approximate surface area is 512 Å². The molecule has 9 nitrogen and oxygen atoms in total. The third kappa shape index (κ3) is 8.20. The minimum absolute atomic E-state index is 0.482. The van der Waals surface area contributed by atoms with Crippen LogP contribution >= 0.6 is 0 Å². The van der Waals surface area contributed by atoms with Gasteiger partial charge in [0.2, 0.25) is 0 Å². The zero-order valence-electron chi connectivity index (χ0n) is 49.0. The van der Waals surface area contributed by atoms with Crippen LogP contribution in [0.1, 0.15) is 0 Å². The van der Waals surface area contributed by atoms with Crippen LogP contribution in [0, 0.1) is 0 Å². The van der Waals surface area contributed by atoms with Gasteiger partial charge in [-0.05, 0) is 121 Å². The molecule has 0 N–H and O–H groups in total. The van der Waals surface area contributed by atoms with Crippen LogP contribution in [0.15, 0.2) is 267 Å². The number of benzene rings is 12. The van der Waals surface area contributed by atoms with Crippen molar-refractivity contribution in [3.05, 3.63) is 267 Å². The second kappa shape index (κ2) is 21.0. The van der Waals surface area contributed by atoms with Gasteiger partial charge in [-0.25, -0.2) is 0 Å². The summed E-state index contributed by atoms with van der Waals surface area (Å²) in [6.45, 7) is 4.41. The van der Waals surface area contributed by atoms with Crippen LogP contribution < -0.4 is 0 Å². The Bertz CT molecular complexity index is 4920. The molecule has 9 heteroatoms. The molecule has 0 aliphatic carbocycles.